The van der Waals surface area contributed by atoms with Gasteiger partial charge in [0, 0.05) is 19.7 Å². The summed E-state index contributed by atoms with van der Waals surface area (Å²) < 4.78 is 5.58. The predicted molar refractivity (Wildman–Crippen MR) is 64.3 cm³/mol. The molecule has 0 aromatic rings. The van der Waals surface area contributed by atoms with Crippen LogP contribution < -0.4 is 10.6 Å². The average molecular weight is 226 g/mol. The predicted octanol–water partition coefficient (Wildman–Crippen LogP) is 0.836. The lowest BCUT2D eigenvalue weighted by atomic mass is 10.1. The van der Waals surface area contributed by atoms with Crippen LogP contribution in [0.25, 0.3) is 0 Å². The Morgan fingerprint density at radius 3 is 3.06 bits per heavy atom. The summed E-state index contributed by atoms with van der Waals surface area (Å²) in [5, 5.41) is 5.95. The third-order valence-corrected chi connectivity index (χ3v) is 2.74. The fourth-order valence-electron chi connectivity index (χ4n) is 1.70. The molecule has 4 nitrogen and oxygen atoms in total. The molecule has 0 bridgehead atoms. The molecule has 4 heteroatoms. The number of rotatable bonds is 6. The van der Waals surface area contributed by atoms with Crippen LogP contribution in [-0.4, -0.2) is 37.7 Å². The Hall–Kier alpha value is -0.870. The highest BCUT2D eigenvalue weighted by Crippen LogP contribution is 2.11. The Morgan fingerprint density at radius 2 is 2.44 bits per heavy atom. The summed E-state index contributed by atoms with van der Waals surface area (Å²) in [4.78, 5) is 11.5. The van der Waals surface area contributed by atoms with E-state index in [0.717, 1.165) is 26.0 Å². The Bertz CT molecular complexity index is 225. The van der Waals surface area contributed by atoms with Crippen molar-refractivity contribution >= 4 is 5.91 Å². The van der Waals surface area contributed by atoms with E-state index in [1.165, 1.54) is 6.42 Å². The van der Waals surface area contributed by atoms with E-state index in [1.807, 2.05) is 6.92 Å². The van der Waals surface area contributed by atoms with Gasteiger partial charge in [-0.3, -0.25) is 4.79 Å². The van der Waals surface area contributed by atoms with Crippen molar-refractivity contribution in [3.8, 4) is 0 Å². The normalized spacial score (nSPS) is 22.4. The minimum Gasteiger partial charge on any atom is -0.377 e. The lowest BCUT2D eigenvalue weighted by Crippen LogP contribution is -2.45. The molecule has 2 atom stereocenters. The molecule has 1 heterocycles. The molecule has 0 radical (unpaired) electrons. The van der Waals surface area contributed by atoms with Crippen molar-refractivity contribution in [3.05, 3.63) is 12.7 Å². The molecule has 1 aliphatic heterocycles. The minimum absolute atomic E-state index is 0.00992. The second kappa shape index (κ2) is 7.41. The van der Waals surface area contributed by atoms with Crippen LogP contribution in [0.3, 0.4) is 0 Å². The smallest absolute Gasteiger partial charge is 0.237 e. The van der Waals surface area contributed by atoms with Gasteiger partial charge in [0.25, 0.3) is 0 Å². The van der Waals surface area contributed by atoms with Gasteiger partial charge in [0.2, 0.25) is 5.91 Å². The first-order valence-corrected chi connectivity index (χ1v) is 5.97. The Balaban J connectivity index is 2.15. The molecule has 16 heavy (non-hydrogen) atoms. The van der Waals surface area contributed by atoms with Gasteiger partial charge in [0.1, 0.15) is 0 Å². The highest BCUT2D eigenvalue weighted by molar-refractivity contribution is 5.81. The van der Waals surface area contributed by atoms with Gasteiger partial charge < -0.3 is 15.4 Å². The molecule has 0 saturated carbocycles. The zero-order chi connectivity index (χ0) is 11.8. The van der Waals surface area contributed by atoms with E-state index >= 15 is 0 Å². The second-order valence-corrected chi connectivity index (χ2v) is 4.15. The molecule has 2 N–H and O–H groups in total. The Morgan fingerprint density at radius 1 is 1.62 bits per heavy atom. The molecule has 1 fully saturated rings. The molecule has 0 aliphatic carbocycles. The van der Waals surface area contributed by atoms with Gasteiger partial charge >= 0.3 is 0 Å². The standard InChI is InChI=1S/C12H22N2O2/c1-3-7-13-12(15)10(2)14-9-11-6-4-5-8-16-11/h3,10-11,14H,1,4-9H2,2H3,(H,13,15). The van der Waals surface area contributed by atoms with Gasteiger partial charge in [-0.2, -0.15) is 0 Å². The lowest BCUT2D eigenvalue weighted by Gasteiger charge is -2.24. The number of hydrogen-bond donors (Lipinski definition) is 2. The average Bonchev–Trinajstić information content (AvgIpc) is 2.34. The fourth-order valence-corrected chi connectivity index (χ4v) is 1.70. The summed E-state index contributed by atoms with van der Waals surface area (Å²) in [5.41, 5.74) is 0. The van der Waals surface area contributed by atoms with Crippen LogP contribution in [0.15, 0.2) is 12.7 Å². The van der Waals surface area contributed by atoms with E-state index in [-0.39, 0.29) is 18.1 Å². The summed E-state index contributed by atoms with van der Waals surface area (Å²) in [6.45, 7) is 7.54. The molecular weight excluding hydrogens is 204 g/mol. The van der Waals surface area contributed by atoms with Crippen LogP contribution in [0.2, 0.25) is 0 Å². The first-order valence-electron chi connectivity index (χ1n) is 5.97. The summed E-state index contributed by atoms with van der Waals surface area (Å²) >= 11 is 0. The molecule has 1 rings (SSSR count). The molecule has 1 saturated heterocycles. The third kappa shape index (κ3) is 4.77. The van der Waals surface area contributed by atoms with Crippen molar-refractivity contribution in [1.82, 2.24) is 10.6 Å². The molecule has 0 aromatic carbocycles. The summed E-state index contributed by atoms with van der Waals surface area (Å²) in [6, 6.07) is -0.175. The van der Waals surface area contributed by atoms with E-state index in [2.05, 4.69) is 17.2 Å². The van der Waals surface area contributed by atoms with E-state index < -0.39 is 0 Å². The van der Waals surface area contributed by atoms with Gasteiger partial charge in [0.15, 0.2) is 0 Å². The number of ether oxygens (including phenoxy) is 1. The summed E-state index contributed by atoms with van der Waals surface area (Å²) in [7, 11) is 0. The second-order valence-electron chi connectivity index (χ2n) is 4.15. The fraction of sp³-hybridized carbons (Fsp3) is 0.750. The van der Waals surface area contributed by atoms with Gasteiger partial charge in [-0.1, -0.05) is 6.08 Å². The van der Waals surface area contributed by atoms with Gasteiger partial charge in [-0.05, 0) is 26.2 Å². The maximum Gasteiger partial charge on any atom is 0.237 e. The number of amides is 1. The molecule has 0 spiro atoms. The topological polar surface area (TPSA) is 50.4 Å². The zero-order valence-corrected chi connectivity index (χ0v) is 10.00. The van der Waals surface area contributed by atoms with Crippen molar-refractivity contribution in [2.24, 2.45) is 0 Å². The van der Waals surface area contributed by atoms with E-state index in [0.29, 0.717) is 6.54 Å². The summed E-state index contributed by atoms with van der Waals surface area (Å²) in [6.07, 6.45) is 5.42. The first kappa shape index (κ1) is 13.2. The van der Waals surface area contributed by atoms with Crippen molar-refractivity contribution in [1.29, 1.82) is 0 Å². The lowest BCUT2D eigenvalue weighted by molar-refractivity contribution is -0.122. The number of carbonyl (C=O) groups is 1. The van der Waals surface area contributed by atoms with Crippen LogP contribution in [-0.2, 0) is 9.53 Å². The third-order valence-electron chi connectivity index (χ3n) is 2.74. The summed E-state index contributed by atoms with van der Waals surface area (Å²) in [5.74, 6) is 0.00992. The van der Waals surface area contributed by atoms with Crippen molar-refractivity contribution in [2.45, 2.75) is 38.3 Å². The maximum atomic E-state index is 11.5. The Kier molecular flexibility index (Phi) is 6.11. The zero-order valence-electron chi connectivity index (χ0n) is 10.00. The van der Waals surface area contributed by atoms with Crippen molar-refractivity contribution < 1.29 is 9.53 Å². The van der Waals surface area contributed by atoms with Gasteiger partial charge in [-0.15, -0.1) is 6.58 Å². The molecule has 0 aromatic heterocycles. The SMILES string of the molecule is C=CCNC(=O)C(C)NCC1CCCCO1. The van der Waals surface area contributed by atoms with Crippen molar-refractivity contribution in [3.63, 3.8) is 0 Å². The highest BCUT2D eigenvalue weighted by Gasteiger charge is 2.17. The largest absolute Gasteiger partial charge is 0.377 e. The van der Waals surface area contributed by atoms with Crippen LogP contribution in [0.4, 0.5) is 0 Å². The quantitative estimate of drug-likeness (QED) is 0.660. The Labute approximate surface area is 97.4 Å². The van der Waals surface area contributed by atoms with Crippen molar-refractivity contribution in [2.75, 3.05) is 19.7 Å². The van der Waals surface area contributed by atoms with Crippen LogP contribution in [0.5, 0.6) is 0 Å². The van der Waals surface area contributed by atoms with E-state index in [1.54, 1.807) is 6.08 Å². The van der Waals surface area contributed by atoms with Crippen LogP contribution in [0, 0.1) is 0 Å². The van der Waals surface area contributed by atoms with E-state index in [4.69, 9.17) is 4.74 Å². The monoisotopic (exact) mass is 226 g/mol. The molecule has 1 amide bonds. The molecule has 1 aliphatic rings. The van der Waals surface area contributed by atoms with E-state index in [9.17, 15) is 4.79 Å². The van der Waals surface area contributed by atoms with Crippen LogP contribution >= 0.6 is 0 Å². The maximum absolute atomic E-state index is 11.5. The number of carbonyl (C=O) groups excluding carboxylic acids is 1. The van der Waals surface area contributed by atoms with Crippen LogP contribution in [0.1, 0.15) is 26.2 Å². The highest BCUT2D eigenvalue weighted by atomic mass is 16.5. The van der Waals surface area contributed by atoms with Gasteiger partial charge in [0.05, 0.1) is 12.1 Å². The minimum atomic E-state index is -0.175. The molecular formula is C12H22N2O2. The molecule has 2 unspecified atom stereocenters. The number of nitrogens with one attached hydrogen (secondary N) is 2. The number of hydrogen-bond acceptors (Lipinski definition) is 3. The first-order chi connectivity index (χ1) is 7.74. The van der Waals surface area contributed by atoms with Gasteiger partial charge in [-0.25, -0.2) is 0 Å². The molecule has 92 valence electrons.